The molecule has 0 saturated heterocycles. The Balaban J connectivity index is 2.12. The predicted molar refractivity (Wildman–Crippen MR) is 62.9 cm³/mol. The molecule has 1 nitrogen and oxygen atoms in total. The zero-order valence-corrected chi connectivity index (χ0v) is 9.32. The van der Waals surface area contributed by atoms with Gasteiger partial charge in [0.2, 0.25) is 0 Å². The molecule has 1 aromatic carbocycles. The van der Waals surface area contributed by atoms with E-state index in [-0.39, 0.29) is 12.0 Å². The number of halogens is 1. The number of aliphatic hydroxyl groups is 1. The summed E-state index contributed by atoms with van der Waals surface area (Å²) in [6, 6.07) is 7.45. The van der Waals surface area contributed by atoms with Gasteiger partial charge in [-0.05, 0) is 37.0 Å². The molecular weight excluding hydrogens is 208 g/mol. The van der Waals surface area contributed by atoms with Gasteiger partial charge in [-0.15, -0.1) is 0 Å². The van der Waals surface area contributed by atoms with Crippen LogP contribution in [0.4, 0.5) is 0 Å². The molecule has 80 valence electrons. The highest BCUT2D eigenvalue weighted by molar-refractivity contribution is 6.30. The molecule has 0 unspecified atom stereocenters. The average Bonchev–Trinajstić information content (AvgIpc) is 2.30. The number of rotatable bonds is 2. The minimum atomic E-state index is -0.390. The SMILES string of the molecule is O[C@@H](c1ccc(Cl)cc1)[C@@H]1C=CCCC1. The molecule has 1 aliphatic rings. The number of hydrogen-bond acceptors (Lipinski definition) is 1. The van der Waals surface area contributed by atoms with Crippen molar-refractivity contribution in [2.45, 2.75) is 25.4 Å². The third-order valence-corrected chi connectivity index (χ3v) is 3.16. The maximum atomic E-state index is 10.1. The Morgan fingerprint density at radius 3 is 2.60 bits per heavy atom. The van der Waals surface area contributed by atoms with E-state index in [0.29, 0.717) is 5.02 Å². The Kier molecular flexibility index (Phi) is 3.45. The first-order chi connectivity index (χ1) is 7.27. The average molecular weight is 223 g/mol. The molecule has 0 heterocycles. The van der Waals surface area contributed by atoms with Crippen molar-refractivity contribution in [2.24, 2.45) is 5.92 Å². The van der Waals surface area contributed by atoms with Crippen molar-refractivity contribution in [3.8, 4) is 0 Å². The van der Waals surface area contributed by atoms with Crippen LogP contribution in [-0.2, 0) is 0 Å². The van der Waals surface area contributed by atoms with Gasteiger partial charge in [-0.3, -0.25) is 0 Å². The van der Waals surface area contributed by atoms with Crippen LogP contribution in [-0.4, -0.2) is 5.11 Å². The van der Waals surface area contributed by atoms with Crippen molar-refractivity contribution in [1.82, 2.24) is 0 Å². The Morgan fingerprint density at radius 2 is 2.00 bits per heavy atom. The van der Waals surface area contributed by atoms with Gasteiger partial charge in [-0.2, -0.15) is 0 Å². The maximum Gasteiger partial charge on any atom is 0.0852 e. The van der Waals surface area contributed by atoms with Crippen molar-refractivity contribution < 1.29 is 5.11 Å². The molecule has 0 aliphatic heterocycles. The van der Waals surface area contributed by atoms with E-state index in [2.05, 4.69) is 12.2 Å². The smallest absolute Gasteiger partial charge is 0.0852 e. The summed E-state index contributed by atoms with van der Waals surface area (Å²) in [7, 11) is 0. The van der Waals surface area contributed by atoms with E-state index in [0.717, 1.165) is 18.4 Å². The molecular formula is C13H15ClO. The first-order valence-electron chi connectivity index (χ1n) is 5.37. The maximum absolute atomic E-state index is 10.1. The summed E-state index contributed by atoms with van der Waals surface area (Å²) in [4.78, 5) is 0. The van der Waals surface area contributed by atoms with Gasteiger partial charge in [-0.1, -0.05) is 35.9 Å². The quantitative estimate of drug-likeness (QED) is 0.756. The summed E-state index contributed by atoms with van der Waals surface area (Å²) in [5.41, 5.74) is 0.955. The second kappa shape index (κ2) is 4.82. The second-order valence-corrected chi connectivity index (χ2v) is 4.46. The Bertz CT molecular complexity index is 342. The Hall–Kier alpha value is -0.790. The van der Waals surface area contributed by atoms with Crippen LogP contribution in [0.25, 0.3) is 0 Å². The fourth-order valence-corrected chi connectivity index (χ4v) is 2.13. The van der Waals surface area contributed by atoms with Crippen LogP contribution in [0.5, 0.6) is 0 Å². The molecule has 2 atom stereocenters. The zero-order valence-electron chi connectivity index (χ0n) is 8.57. The molecule has 1 N–H and O–H groups in total. The Labute approximate surface area is 95.4 Å². The summed E-state index contributed by atoms with van der Waals surface area (Å²) in [5, 5.41) is 10.9. The monoisotopic (exact) mass is 222 g/mol. The third-order valence-electron chi connectivity index (χ3n) is 2.91. The van der Waals surface area contributed by atoms with Gasteiger partial charge in [0, 0.05) is 10.9 Å². The minimum Gasteiger partial charge on any atom is -0.388 e. The fraction of sp³-hybridized carbons (Fsp3) is 0.385. The molecule has 0 amide bonds. The van der Waals surface area contributed by atoms with Crippen LogP contribution in [0.1, 0.15) is 30.9 Å². The summed E-state index contributed by atoms with van der Waals surface area (Å²) < 4.78 is 0. The van der Waals surface area contributed by atoms with E-state index in [1.54, 1.807) is 0 Å². The summed E-state index contributed by atoms with van der Waals surface area (Å²) in [6.45, 7) is 0. The molecule has 2 rings (SSSR count). The first-order valence-corrected chi connectivity index (χ1v) is 5.75. The zero-order chi connectivity index (χ0) is 10.7. The van der Waals surface area contributed by atoms with Crippen LogP contribution < -0.4 is 0 Å². The molecule has 0 bridgehead atoms. The molecule has 0 radical (unpaired) electrons. The van der Waals surface area contributed by atoms with E-state index in [4.69, 9.17) is 11.6 Å². The topological polar surface area (TPSA) is 20.2 Å². The summed E-state index contributed by atoms with van der Waals surface area (Å²) in [6.07, 6.45) is 7.28. The van der Waals surface area contributed by atoms with Crippen molar-refractivity contribution in [3.63, 3.8) is 0 Å². The van der Waals surface area contributed by atoms with Crippen LogP contribution in [0.15, 0.2) is 36.4 Å². The van der Waals surface area contributed by atoms with E-state index >= 15 is 0 Å². The van der Waals surface area contributed by atoms with Gasteiger partial charge in [0.15, 0.2) is 0 Å². The molecule has 0 saturated carbocycles. The molecule has 1 aromatic rings. The van der Waals surface area contributed by atoms with Gasteiger partial charge < -0.3 is 5.11 Å². The number of benzene rings is 1. The van der Waals surface area contributed by atoms with Crippen LogP contribution in [0.2, 0.25) is 5.02 Å². The number of allylic oxidation sites excluding steroid dienone is 1. The van der Waals surface area contributed by atoms with Gasteiger partial charge in [0.05, 0.1) is 6.10 Å². The molecule has 0 fully saturated rings. The van der Waals surface area contributed by atoms with Crippen LogP contribution in [0, 0.1) is 5.92 Å². The Morgan fingerprint density at radius 1 is 1.27 bits per heavy atom. The lowest BCUT2D eigenvalue weighted by atomic mass is 9.87. The van der Waals surface area contributed by atoms with Crippen LogP contribution in [0.3, 0.4) is 0 Å². The molecule has 1 aliphatic carbocycles. The van der Waals surface area contributed by atoms with Gasteiger partial charge in [0.1, 0.15) is 0 Å². The third kappa shape index (κ3) is 2.61. The molecule has 15 heavy (non-hydrogen) atoms. The van der Waals surface area contributed by atoms with Crippen molar-refractivity contribution in [2.75, 3.05) is 0 Å². The van der Waals surface area contributed by atoms with Crippen LogP contribution >= 0.6 is 11.6 Å². The van der Waals surface area contributed by atoms with Gasteiger partial charge in [0.25, 0.3) is 0 Å². The molecule has 0 spiro atoms. The highest BCUT2D eigenvalue weighted by Crippen LogP contribution is 2.30. The van der Waals surface area contributed by atoms with Gasteiger partial charge in [-0.25, -0.2) is 0 Å². The first kappa shape index (κ1) is 10.7. The molecule has 2 heteroatoms. The van der Waals surface area contributed by atoms with E-state index in [1.165, 1.54) is 6.42 Å². The van der Waals surface area contributed by atoms with E-state index < -0.39 is 0 Å². The summed E-state index contributed by atoms with van der Waals surface area (Å²) in [5.74, 6) is 0.264. The second-order valence-electron chi connectivity index (χ2n) is 4.02. The fourth-order valence-electron chi connectivity index (χ4n) is 2.01. The van der Waals surface area contributed by atoms with Crippen molar-refractivity contribution in [3.05, 3.63) is 47.0 Å². The minimum absolute atomic E-state index is 0.264. The van der Waals surface area contributed by atoms with Crippen molar-refractivity contribution >= 4 is 11.6 Å². The largest absolute Gasteiger partial charge is 0.388 e. The van der Waals surface area contributed by atoms with Gasteiger partial charge >= 0.3 is 0 Å². The van der Waals surface area contributed by atoms with Crippen molar-refractivity contribution in [1.29, 1.82) is 0 Å². The normalized spacial score (nSPS) is 22.7. The predicted octanol–water partition coefficient (Wildman–Crippen LogP) is 3.73. The van der Waals surface area contributed by atoms with E-state index in [1.807, 2.05) is 24.3 Å². The number of aliphatic hydroxyl groups excluding tert-OH is 1. The highest BCUT2D eigenvalue weighted by Gasteiger charge is 2.19. The highest BCUT2D eigenvalue weighted by atomic mass is 35.5. The number of hydrogen-bond donors (Lipinski definition) is 1. The molecule has 0 aromatic heterocycles. The standard InChI is InChI=1S/C13H15ClO/c14-12-8-6-11(7-9-12)13(15)10-4-2-1-3-5-10/h2,4,6-10,13,15H,1,3,5H2/t10-,13-/m1/s1. The summed E-state index contributed by atoms with van der Waals surface area (Å²) >= 11 is 5.81. The lowest BCUT2D eigenvalue weighted by Gasteiger charge is -2.22. The lowest BCUT2D eigenvalue weighted by molar-refractivity contribution is 0.123. The lowest BCUT2D eigenvalue weighted by Crippen LogP contribution is -2.12. The van der Waals surface area contributed by atoms with E-state index in [9.17, 15) is 5.11 Å².